The molecular weight excluding hydrogens is 384 g/mol. The summed E-state index contributed by atoms with van der Waals surface area (Å²) < 4.78 is 7.78. The van der Waals surface area contributed by atoms with Crippen LogP contribution in [0.1, 0.15) is 48.8 Å². The van der Waals surface area contributed by atoms with Crippen molar-refractivity contribution < 1.29 is 4.74 Å². The Morgan fingerprint density at radius 2 is 1.77 bits per heavy atom. The quantitative estimate of drug-likeness (QED) is 0.525. The lowest BCUT2D eigenvalue weighted by Crippen LogP contribution is -2.43. The summed E-state index contributed by atoms with van der Waals surface area (Å²) in [6, 6.07) is 18.8. The molecule has 2 aliphatic rings. The third kappa shape index (κ3) is 3.50. The first-order valence-electron chi connectivity index (χ1n) is 11.2. The average Bonchev–Trinajstić information content (AvgIpc) is 2.81. The summed E-state index contributed by atoms with van der Waals surface area (Å²) in [6.45, 7) is 4.63. The maximum atomic E-state index is 13.9. The van der Waals surface area contributed by atoms with Crippen LogP contribution in [0.2, 0.25) is 0 Å². The van der Waals surface area contributed by atoms with Crippen molar-refractivity contribution in [2.24, 2.45) is 0 Å². The number of aromatic nitrogens is 2. The summed E-state index contributed by atoms with van der Waals surface area (Å²) in [5, 5.41) is 0. The summed E-state index contributed by atoms with van der Waals surface area (Å²) in [7, 11) is 0. The van der Waals surface area contributed by atoms with Gasteiger partial charge in [-0.25, -0.2) is 0 Å². The van der Waals surface area contributed by atoms with Crippen molar-refractivity contribution in [3.8, 4) is 17.3 Å². The first-order valence-corrected chi connectivity index (χ1v) is 11.2. The van der Waals surface area contributed by atoms with Gasteiger partial charge in [0, 0.05) is 17.5 Å². The molecule has 5 rings (SSSR count). The van der Waals surface area contributed by atoms with Crippen LogP contribution in [-0.4, -0.2) is 9.55 Å². The van der Waals surface area contributed by atoms with Crippen LogP contribution in [0.5, 0.6) is 6.01 Å². The van der Waals surface area contributed by atoms with Gasteiger partial charge >= 0.3 is 0 Å². The molecule has 1 spiro atoms. The van der Waals surface area contributed by atoms with Gasteiger partial charge in [-0.3, -0.25) is 9.36 Å². The molecule has 1 saturated carbocycles. The van der Waals surface area contributed by atoms with Crippen molar-refractivity contribution in [2.75, 3.05) is 0 Å². The van der Waals surface area contributed by atoms with Crippen LogP contribution in [-0.2, 0) is 25.0 Å². The fourth-order valence-corrected chi connectivity index (χ4v) is 5.34. The van der Waals surface area contributed by atoms with Gasteiger partial charge in [-0.15, -0.1) is 6.58 Å². The van der Waals surface area contributed by atoms with Gasteiger partial charge in [0.25, 0.3) is 11.6 Å². The minimum atomic E-state index is -0.118. The van der Waals surface area contributed by atoms with E-state index in [1.165, 1.54) is 12.0 Å². The summed E-state index contributed by atoms with van der Waals surface area (Å²) >= 11 is 0. The van der Waals surface area contributed by atoms with Crippen molar-refractivity contribution in [2.45, 2.75) is 57.1 Å². The van der Waals surface area contributed by atoms with Crippen LogP contribution in [0, 0.1) is 0 Å². The van der Waals surface area contributed by atoms with E-state index in [-0.39, 0.29) is 11.0 Å². The lowest BCUT2D eigenvalue weighted by Gasteiger charge is -2.42. The fourth-order valence-electron chi connectivity index (χ4n) is 5.34. The van der Waals surface area contributed by atoms with Gasteiger partial charge in [-0.1, -0.05) is 79.9 Å². The van der Waals surface area contributed by atoms with Crippen LogP contribution in [0.15, 0.2) is 72.0 Å². The minimum Gasteiger partial charge on any atom is -0.460 e. The van der Waals surface area contributed by atoms with Gasteiger partial charge in [0.05, 0.1) is 11.3 Å². The molecule has 0 aliphatic heterocycles. The van der Waals surface area contributed by atoms with Crippen molar-refractivity contribution >= 4 is 0 Å². The maximum Gasteiger partial charge on any atom is 0.300 e. The number of hydrogen-bond donors (Lipinski definition) is 0. The Morgan fingerprint density at radius 1 is 1.03 bits per heavy atom. The normalized spacial score (nSPS) is 16.4. The van der Waals surface area contributed by atoms with Crippen LogP contribution in [0.25, 0.3) is 11.3 Å². The summed E-state index contributed by atoms with van der Waals surface area (Å²) in [4.78, 5) is 18.9. The molecule has 158 valence electrons. The van der Waals surface area contributed by atoms with E-state index in [9.17, 15) is 4.79 Å². The van der Waals surface area contributed by atoms with E-state index in [1.807, 2.05) is 36.4 Å². The largest absolute Gasteiger partial charge is 0.460 e. The monoisotopic (exact) mass is 412 g/mol. The third-order valence-corrected chi connectivity index (χ3v) is 6.80. The van der Waals surface area contributed by atoms with Crippen molar-refractivity contribution in [1.29, 1.82) is 0 Å². The molecule has 0 radical (unpaired) electrons. The smallest absolute Gasteiger partial charge is 0.300 e. The summed E-state index contributed by atoms with van der Waals surface area (Å²) in [5.74, 6) is 0. The fraction of sp³-hybridized carbons (Fsp3) is 0.333. The van der Waals surface area contributed by atoms with Crippen molar-refractivity contribution in [1.82, 2.24) is 9.55 Å². The molecule has 0 bridgehead atoms. The molecule has 0 unspecified atom stereocenters. The Morgan fingerprint density at radius 3 is 2.55 bits per heavy atom. The van der Waals surface area contributed by atoms with Crippen LogP contribution in [0.4, 0.5) is 0 Å². The Balaban J connectivity index is 1.68. The molecule has 1 aromatic heterocycles. The molecule has 4 heteroatoms. The maximum absolute atomic E-state index is 13.9. The highest BCUT2D eigenvalue weighted by Gasteiger charge is 2.43. The van der Waals surface area contributed by atoms with E-state index in [0.29, 0.717) is 19.2 Å². The highest BCUT2D eigenvalue weighted by molar-refractivity contribution is 5.72. The second-order valence-corrected chi connectivity index (χ2v) is 8.77. The number of hydrogen-bond acceptors (Lipinski definition) is 3. The van der Waals surface area contributed by atoms with Crippen molar-refractivity contribution in [3.05, 3.63) is 94.3 Å². The molecule has 3 aromatic rings. The highest BCUT2D eigenvalue weighted by atomic mass is 16.5. The average molecular weight is 413 g/mol. The topological polar surface area (TPSA) is 44.1 Å². The van der Waals surface area contributed by atoms with Crippen LogP contribution < -0.4 is 10.3 Å². The first kappa shape index (κ1) is 19.8. The molecular formula is C27H28N2O2. The highest BCUT2D eigenvalue weighted by Crippen LogP contribution is 2.48. The zero-order valence-electron chi connectivity index (χ0n) is 17.8. The summed E-state index contributed by atoms with van der Waals surface area (Å²) in [5.41, 5.74) is 5.03. The number of benzene rings is 2. The van der Waals surface area contributed by atoms with E-state index >= 15 is 0 Å². The predicted octanol–water partition coefficient (Wildman–Crippen LogP) is 5.43. The number of ether oxygens (including phenoxy) is 1. The van der Waals surface area contributed by atoms with E-state index in [4.69, 9.17) is 9.72 Å². The van der Waals surface area contributed by atoms with E-state index in [0.717, 1.165) is 54.5 Å². The standard InChI is InChI=1S/C27H28N2O2/c1-2-17-29-25(30)23-24(28-26(29)31-19-20-11-5-3-6-12-20)22-14-8-7-13-21(22)18-27(23)15-9-4-10-16-27/h2-3,5-8,11-14H,1,4,9-10,15-19H2. The minimum absolute atomic E-state index is 0.0318. The molecule has 4 nitrogen and oxygen atoms in total. The van der Waals surface area contributed by atoms with E-state index in [2.05, 4.69) is 24.8 Å². The Bertz CT molecular complexity index is 1160. The lowest BCUT2D eigenvalue weighted by atomic mass is 9.62. The SMILES string of the molecule is C=CCn1c(OCc2ccccc2)nc2c(c1=O)C1(CCCCC1)Cc1ccccc1-2. The number of fused-ring (bicyclic) bond motifs is 4. The van der Waals surface area contributed by atoms with Gasteiger partial charge in [0.15, 0.2) is 0 Å². The predicted molar refractivity (Wildman–Crippen MR) is 123 cm³/mol. The van der Waals surface area contributed by atoms with E-state index in [1.54, 1.807) is 10.6 Å². The number of nitrogens with zero attached hydrogens (tertiary/aromatic N) is 2. The molecule has 31 heavy (non-hydrogen) atoms. The van der Waals surface area contributed by atoms with Crippen LogP contribution in [0.3, 0.4) is 0 Å². The second-order valence-electron chi connectivity index (χ2n) is 8.77. The molecule has 1 fully saturated rings. The number of rotatable bonds is 5. The summed E-state index contributed by atoms with van der Waals surface area (Å²) in [6.07, 6.45) is 8.32. The molecule has 1 heterocycles. The zero-order chi connectivity index (χ0) is 21.3. The van der Waals surface area contributed by atoms with Gasteiger partial charge in [-0.2, -0.15) is 4.98 Å². The van der Waals surface area contributed by atoms with Crippen LogP contribution >= 0.6 is 0 Å². The lowest BCUT2D eigenvalue weighted by molar-refractivity contribution is 0.254. The Labute approximate surface area is 183 Å². The molecule has 0 atom stereocenters. The van der Waals surface area contributed by atoms with Gasteiger partial charge in [0.2, 0.25) is 0 Å². The number of allylic oxidation sites excluding steroid dienone is 1. The molecule has 2 aromatic carbocycles. The molecule has 0 amide bonds. The molecule has 2 aliphatic carbocycles. The zero-order valence-corrected chi connectivity index (χ0v) is 17.8. The molecule has 0 saturated heterocycles. The third-order valence-electron chi connectivity index (χ3n) is 6.80. The first-order chi connectivity index (χ1) is 15.2. The second kappa shape index (κ2) is 8.18. The van der Waals surface area contributed by atoms with Gasteiger partial charge in [0.1, 0.15) is 6.61 Å². The van der Waals surface area contributed by atoms with Crippen molar-refractivity contribution in [3.63, 3.8) is 0 Å². The Hall–Kier alpha value is -3.14. The van der Waals surface area contributed by atoms with E-state index < -0.39 is 0 Å². The molecule has 0 N–H and O–H groups in total. The van der Waals surface area contributed by atoms with Gasteiger partial charge < -0.3 is 4.74 Å². The Kier molecular flexibility index (Phi) is 5.23. The van der Waals surface area contributed by atoms with Gasteiger partial charge in [-0.05, 0) is 30.4 Å².